The molecule has 1 amide bonds. The SMILES string of the molecule is O=C(c1ccc(F)c(F)c1)N1CC2(C1)OCc1nc(-c3ccccc3)ncc12. The van der Waals surface area contributed by atoms with Gasteiger partial charge in [0.25, 0.3) is 5.91 Å². The summed E-state index contributed by atoms with van der Waals surface area (Å²) in [6, 6.07) is 12.8. The van der Waals surface area contributed by atoms with Crippen LogP contribution in [0.4, 0.5) is 8.78 Å². The largest absolute Gasteiger partial charge is 0.360 e. The lowest BCUT2D eigenvalue weighted by Gasteiger charge is -2.47. The van der Waals surface area contributed by atoms with Gasteiger partial charge in [0.2, 0.25) is 0 Å². The van der Waals surface area contributed by atoms with E-state index in [0.29, 0.717) is 25.5 Å². The molecular formula is C21H15F2N3O2. The first-order valence-corrected chi connectivity index (χ1v) is 8.86. The number of ether oxygens (including phenoxy) is 1. The standard InChI is InChI=1S/C21H15F2N3O2/c22-16-7-6-14(8-17(16)23)20(27)26-11-21(12-26)15-9-24-19(25-18(15)10-28-21)13-4-2-1-3-5-13/h1-9H,10-12H2. The van der Waals surface area contributed by atoms with Crippen molar-refractivity contribution >= 4 is 5.91 Å². The third-order valence-electron chi connectivity index (χ3n) is 5.22. The highest BCUT2D eigenvalue weighted by Crippen LogP contribution is 2.43. The second-order valence-corrected chi connectivity index (χ2v) is 6.99. The van der Waals surface area contributed by atoms with Crippen LogP contribution in [-0.2, 0) is 16.9 Å². The maximum Gasteiger partial charge on any atom is 0.254 e. The molecule has 140 valence electrons. The number of aromatic nitrogens is 2. The molecule has 5 nitrogen and oxygen atoms in total. The molecule has 2 aliphatic heterocycles. The summed E-state index contributed by atoms with van der Waals surface area (Å²) < 4.78 is 32.5. The topological polar surface area (TPSA) is 55.3 Å². The molecule has 7 heteroatoms. The molecule has 0 atom stereocenters. The predicted molar refractivity (Wildman–Crippen MR) is 96.2 cm³/mol. The molecule has 0 N–H and O–H groups in total. The first kappa shape index (κ1) is 16.9. The molecular weight excluding hydrogens is 364 g/mol. The Bertz CT molecular complexity index is 1080. The highest BCUT2D eigenvalue weighted by molar-refractivity contribution is 5.95. The lowest BCUT2D eigenvalue weighted by atomic mass is 9.87. The van der Waals surface area contributed by atoms with Crippen LogP contribution in [0.25, 0.3) is 11.4 Å². The van der Waals surface area contributed by atoms with Gasteiger partial charge >= 0.3 is 0 Å². The summed E-state index contributed by atoms with van der Waals surface area (Å²) >= 11 is 0. The van der Waals surface area contributed by atoms with E-state index in [0.717, 1.165) is 29.0 Å². The quantitative estimate of drug-likeness (QED) is 0.686. The summed E-state index contributed by atoms with van der Waals surface area (Å²) in [7, 11) is 0. The number of carbonyl (C=O) groups is 1. The van der Waals surface area contributed by atoms with E-state index in [-0.39, 0.29) is 11.5 Å². The zero-order chi connectivity index (χ0) is 19.3. The Morgan fingerprint density at radius 2 is 1.86 bits per heavy atom. The van der Waals surface area contributed by atoms with E-state index in [9.17, 15) is 13.6 Å². The fraction of sp³-hybridized carbons (Fsp3) is 0.190. The van der Waals surface area contributed by atoms with Gasteiger partial charge in [-0.2, -0.15) is 0 Å². The summed E-state index contributed by atoms with van der Waals surface area (Å²) in [5, 5.41) is 0. The second-order valence-electron chi connectivity index (χ2n) is 6.99. The van der Waals surface area contributed by atoms with Crippen LogP contribution in [0.2, 0.25) is 0 Å². The van der Waals surface area contributed by atoms with Crippen LogP contribution in [0.5, 0.6) is 0 Å². The van der Waals surface area contributed by atoms with E-state index < -0.39 is 17.2 Å². The Kier molecular flexibility index (Phi) is 3.73. The number of benzene rings is 2. The van der Waals surface area contributed by atoms with E-state index in [4.69, 9.17) is 4.74 Å². The Hall–Kier alpha value is -3.19. The fourth-order valence-electron chi connectivity index (χ4n) is 3.71. The zero-order valence-electron chi connectivity index (χ0n) is 14.7. The fourth-order valence-corrected chi connectivity index (χ4v) is 3.71. The number of rotatable bonds is 2. The van der Waals surface area contributed by atoms with Gasteiger partial charge in [-0.15, -0.1) is 0 Å². The van der Waals surface area contributed by atoms with Crippen molar-refractivity contribution in [1.29, 1.82) is 0 Å². The highest BCUT2D eigenvalue weighted by Gasteiger charge is 2.52. The summed E-state index contributed by atoms with van der Waals surface area (Å²) in [6.45, 7) is 1.00. The number of likely N-dealkylation sites (tertiary alicyclic amines) is 1. The van der Waals surface area contributed by atoms with Gasteiger partial charge in [-0.3, -0.25) is 4.79 Å². The van der Waals surface area contributed by atoms with E-state index >= 15 is 0 Å². The van der Waals surface area contributed by atoms with Crippen molar-refractivity contribution in [3.8, 4) is 11.4 Å². The molecule has 0 aliphatic carbocycles. The molecule has 3 heterocycles. The molecule has 0 radical (unpaired) electrons. The first-order valence-electron chi connectivity index (χ1n) is 8.86. The van der Waals surface area contributed by atoms with E-state index in [2.05, 4.69) is 9.97 Å². The number of fused-ring (bicyclic) bond motifs is 2. The molecule has 1 fully saturated rings. The molecule has 1 saturated heterocycles. The minimum atomic E-state index is -1.04. The molecule has 2 aromatic carbocycles. The number of hydrogen-bond acceptors (Lipinski definition) is 4. The van der Waals surface area contributed by atoms with Crippen molar-refractivity contribution in [1.82, 2.24) is 14.9 Å². The average Bonchev–Trinajstić information content (AvgIpc) is 3.08. The summed E-state index contributed by atoms with van der Waals surface area (Å²) in [4.78, 5) is 23.2. The molecule has 0 bridgehead atoms. The molecule has 0 saturated carbocycles. The summed E-state index contributed by atoms with van der Waals surface area (Å²) in [5.74, 6) is -1.74. The number of carbonyl (C=O) groups excluding carboxylic acids is 1. The second kappa shape index (κ2) is 6.17. The van der Waals surface area contributed by atoms with E-state index in [1.807, 2.05) is 30.3 Å². The van der Waals surface area contributed by atoms with Gasteiger partial charge in [0.05, 0.1) is 25.4 Å². The van der Waals surface area contributed by atoms with E-state index in [1.54, 1.807) is 11.1 Å². The van der Waals surface area contributed by atoms with Crippen LogP contribution < -0.4 is 0 Å². The molecule has 5 rings (SSSR count). The molecule has 28 heavy (non-hydrogen) atoms. The smallest absolute Gasteiger partial charge is 0.254 e. The Balaban J connectivity index is 1.36. The molecule has 2 aliphatic rings. The molecule has 1 aromatic heterocycles. The predicted octanol–water partition coefficient (Wildman–Crippen LogP) is 3.30. The molecule has 0 unspecified atom stereocenters. The third-order valence-corrected chi connectivity index (χ3v) is 5.22. The highest BCUT2D eigenvalue weighted by atomic mass is 19.2. The average molecular weight is 379 g/mol. The van der Waals surface area contributed by atoms with Crippen molar-refractivity contribution < 1.29 is 18.3 Å². The number of halogens is 2. The van der Waals surface area contributed by atoms with Crippen LogP contribution in [0, 0.1) is 11.6 Å². The van der Waals surface area contributed by atoms with Crippen molar-refractivity contribution in [3.05, 3.63) is 83.2 Å². The zero-order valence-corrected chi connectivity index (χ0v) is 14.7. The minimum absolute atomic E-state index is 0.114. The Morgan fingerprint density at radius 3 is 2.61 bits per heavy atom. The third kappa shape index (κ3) is 2.58. The van der Waals surface area contributed by atoms with Crippen LogP contribution in [0.1, 0.15) is 21.6 Å². The molecule has 1 spiro atoms. The Morgan fingerprint density at radius 1 is 1.07 bits per heavy atom. The van der Waals surface area contributed by atoms with Crippen LogP contribution >= 0.6 is 0 Å². The normalized spacial score (nSPS) is 16.7. The maximum atomic E-state index is 13.4. The first-order chi connectivity index (χ1) is 13.6. The number of hydrogen-bond donors (Lipinski definition) is 0. The lowest BCUT2D eigenvalue weighted by Crippen LogP contribution is -2.61. The number of nitrogens with zero attached hydrogens (tertiary/aromatic N) is 3. The van der Waals surface area contributed by atoms with Gasteiger partial charge in [0.1, 0.15) is 5.60 Å². The summed E-state index contributed by atoms with van der Waals surface area (Å²) in [6.07, 6.45) is 1.76. The van der Waals surface area contributed by atoms with Crippen molar-refractivity contribution in [2.45, 2.75) is 12.2 Å². The van der Waals surface area contributed by atoms with Crippen LogP contribution in [0.15, 0.2) is 54.7 Å². The van der Waals surface area contributed by atoms with Gasteiger partial charge in [-0.05, 0) is 18.2 Å². The van der Waals surface area contributed by atoms with Gasteiger partial charge < -0.3 is 9.64 Å². The van der Waals surface area contributed by atoms with Crippen molar-refractivity contribution in [3.63, 3.8) is 0 Å². The van der Waals surface area contributed by atoms with Crippen molar-refractivity contribution in [2.75, 3.05) is 13.1 Å². The monoisotopic (exact) mass is 379 g/mol. The van der Waals surface area contributed by atoms with Gasteiger partial charge in [0, 0.05) is 22.9 Å². The maximum absolute atomic E-state index is 13.4. The summed E-state index contributed by atoms with van der Waals surface area (Å²) in [5.41, 5.74) is 2.10. The lowest BCUT2D eigenvalue weighted by molar-refractivity contribution is -0.126. The van der Waals surface area contributed by atoms with Crippen molar-refractivity contribution in [2.24, 2.45) is 0 Å². The molecule has 3 aromatic rings. The van der Waals surface area contributed by atoms with Crippen LogP contribution in [0.3, 0.4) is 0 Å². The van der Waals surface area contributed by atoms with E-state index in [1.165, 1.54) is 6.07 Å². The van der Waals surface area contributed by atoms with Gasteiger partial charge in [0.15, 0.2) is 17.5 Å². The van der Waals surface area contributed by atoms with Gasteiger partial charge in [-0.1, -0.05) is 30.3 Å². The van der Waals surface area contributed by atoms with Gasteiger partial charge in [-0.25, -0.2) is 18.7 Å². The number of amides is 1. The van der Waals surface area contributed by atoms with Crippen LogP contribution in [-0.4, -0.2) is 33.9 Å². The Labute approximate surface area is 159 Å². The minimum Gasteiger partial charge on any atom is -0.360 e.